The second-order valence-corrected chi connectivity index (χ2v) is 9.19. The number of halogens is 1. The first-order chi connectivity index (χ1) is 12.8. The van der Waals surface area contributed by atoms with Crippen molar-refractivity contribution in [2.45, 2.75) is 52.4 Å². The molecule has 1 heterocycles. The first kappa shape index (κ1) is 24.8. The number of carbonyl (C=O) groups is 1. The van der Waals surface area contributed by atoms with Gasteiger partial charge < -0.3 is 26.6 Å². The number of carboxylic acid groups (broad SMARTS) is 1. The molecule has 2 rings (SSSR count). The molecule has 1 aliphatic rings. The summed E-state index contributed by atoms with van der Waals surface area (Å²) < 4.78 is 25.9. The molecule has 28 heavy (non-hydrogen) atoms. The molecular weight excluding hydrogens is 401 g/mol. The Morgan fingerprint density at radius 2 is 1.82 bits per heavy atom. The molecule has 1 atom stereocenters. The standard InChI is InChI=1S/C20H30NO5P.ClH/c1-5-25-27(24,26-6-2)15-14-21-16(3)20(4,13-9-12-19(22)23)17-10-7-8-11-18(17)21;/h7-8,10-11H,5-6,9,12-15H2,1-4H3;1H. The van der Waals surface area contributed by atoms with Crippen LogP contribution in [0.25, 0.3) is 0 Å². The predicted molar refractivity (Wildman–Crippen MR) is 106 cm³/mol. The predicted octanol–water partition coefficient (Wildman–Crippen LogP) is 1.59. The van der Waals surface area contributed by atoms with Gasteiger partial charge in [0.1, 0.15) is 6.16 Å². The highest BCUT2D eigenvalue weighted by Crippen LogP contribution is 2.49. The van der Waals surface area contributed by atoms with Gasteiger partial charge in [-0.3, -0.25) is 9.36 Å². The summed E-state index contributed by atoms with van der Waals surface area (Å²) in [5.74, 6) is -0.770. The van der Waals surface area contributed by atoms with Gasteiger partial charge in [-0.25, -0.2) is 0 Å². The van der Waals surface area contributed by atoms with Crippen molar-refractivity contribution in [2.75, 3.05) is 25.9 Å². The van der Waals surface area contributed by atoms with E-state index in [9.17, 15) is 9.36 Å². The van der Waals surface area contributed by atoms with Crippen molar-refractivity contribution in [1.82, 2.24) is 0 Å². The van der Waals surface area contributed by atoms with Crippen molar-refractivity contribution in [2.24, 2.45) is 0 Å². The minimum absolute atomic E-state index is 0. The molecule has 6 nitrogen and oxygen atoms in total. The van der Waals surface area contributed by atoms with Gasteiger partial charge in [0, 0.05) is 25.0 Å². The average Bonchev–Trinajstić information content (AvgIpc) is 2.82. The van der Waals surface area contributed by atoms with E-state index in [1.54, 1.807) is 0 Å². The molecule has 158 valence electrons. The highest BCUT2D eigenvalue weighted by atomic mass is 35.5. The number of fused-ring (bicyclic) bond motifs is 1. The molecular formula is C20H31ClNO5P. The van der Waals surface area contributed by atoms with Crippen molar-refractivity contribution in [3.05, 3.63) is 29.8 Å². The number of carboxylic acids is 1. The monoisotopic (exact) mass is 431 g/mol. The quantitative estimate of drug-likeness (QED) is 0.425. The number of hydrogen-bond donors (Lipinski definition) is 1. The van der Waals surface area contributed by atoms with Gasteiger partial charge in [0.05, 0.1) is 18.6 Å². The number of aliphatic carboxylic acids is 1. The van der Waals surface area contributed by atoms with E-state index in [1.807, 2.05) is 26.0 Å². The van der Waals surface area contributed by atoms with Crippen molar-refractivity contribution in [1.29, 1.82) is 0 Å². The maximum Gasteiger partial charge on any atom is 0.337 e. The minimum atomic E-state index is -3.12. The Morgan fingerprint density at radius 3 is 2.39 bits per heavy atom. The zero-order valence-electron chi connectivity index (χ0n) is 17.1. The molecule has 0 aliphatic carbocycles. The lowest BCUT2D eigenvalue weighted by molar-refractivity contribution is -0.433. The number of hydrogen-bond acceptors (Lipinski definition) is 4. The summed E-state index contributed by atoms with van der Waals surface area (Å²) in [5, 5.41) is 8.98. The zero-order valence-corrected chi connectivity index (χ0v) is 18.8. The van der Waals surface area contributed by atoms with Crippen LogP contribution in [0.4, 0.5) is 5.69 Å². The SMILES string of the molecule is CCOP(=O)(CC[N+]1=C(C)C(C)(CCCC(=O)O)c2ccccc21)OCC.[Cl-]. The van der Waals surface area contributed by atoms with Crippen LogP contribution in [0.5, 0.6) is 0 Å². The summed E-state index contributed by atoms with van der Waals surface area (Å²) in [6.07, 6.45) is 1.84. The third-order valence-electron chi connectivity index (χ3n) is 5.31. The summed E-state index contributed by atoms with van der Waals surface area (Å²) in [7, 11) is -3.12. The van der Waals surface area contributed by atoms with E-state index in [2.05, 4.69) is 30.6 Å². The van der Waals surface area contributed by atoms with Crippen LogP contribution in [0.3, 0.4) is 0 Å². The smallest absolute Gasteiger partial charge is 0.337 e. The van der Waals surface area contributed by atoms with Gasteiger partial charge in [0.15, 0.2) is 12.3 Å². The normalized spacial score (nSPS) is 18.7. The molecule has 1 aromatic carbocycles. The lowest BCUT2D eigenvalue weighted by Gasteiger charge is -2.21. The summed E-state index contributed by atoms with van der Waals surface area (Å²) in [6, 6.07) is 8.17. The molecule has 0 saturated heterocycles. The molecule has 0 radical (unpaired) electrons. The fraction of sp³-hybridized carbons (Fsp3) is 0.600. The van der Waals surface area contributed by atoms with Crippen molar-refractivity contribution in [3.63, 3.8) is 0 Å². The van der Waals surface area contributed by atoms with Gasteiger partial charge >= 0.3 is 13.6 Å². The summed E-state index contributed by atoms with van der Waals surface area (Å²) in [5.41, 5.74) is 3.20. The van der Waals surface area contributed by atoms with Crippen molar-refractivity contribution >= 4 is 25.0 Å². The Balaban J connectivity index is 0.00000392. The molecule has 0 fully saturated rings. The second kappa shape index (κ2) is 10.5. The lowest BCUT2D eigenvalue weighted by Crippen LogP contribution is -3.00. The van der Waals surface area contributed by atoms with Gasteiger partial charge in [-0.15, -0.1) is 0 Å². The van der Waals surface area contributed by atoms with Crippen LogP contribution in [0.15, 0.2) is 24.3 Å². The largest absolute Gasteiger partial charge is 1.00 e. The van der Waals surface area contributed by atoms with Crippen LogP contribution in [0.2, 0.25) is 0 Å². The maximum absolute atomic E-state index is 12.9. The molecule has 1 aliphatic heterocycles. The van der Waals surface area contributed by atoms with Gasteiger partial charge in [-0.2, -0.15) is 4.58 Å². The summed E-state index contributed by atoms with van der Waals surface area (Å²) in [6.45, 7) is 9.10. The Morgan fingerprint density at radius 1 is 1.21 bits per heavy atom. The van der Waals surface area contributed by atoms with Crippen LogP contribution in [0, 0.1) is 0 Å². The van der Waals surface area contributed by atoms with Gasteiger partial charge in [0.25, 0.3) is 0 Å². The Hall–Kier alpha value is -1.20. The number of nitrogens with zero attached hydrogens (tertiary/aromatic N) is 1. The molecule has 0 spiro atoms. The molecule has 0 aromatic heterocycles. The average molecular weight is 432 g/mol. The van der Waals surface area contributed by atoms with E-state index < -0.39 is 13.6 Å². The van der Waals surface area contributed by atoms with E-state index in [0.717, 1.165) is 17.8 Å². The van der Waals surface area contributed by atoms with Gasteiger partial charge in [-0.05, 0) is 33.6 Å². The Labute approximate surface area is 173 Å². The highest BCUT2D eigenvalue weighted by molar-refractivity contribution is 7.53. The van der Waals surface area contributed by atoms with Crippen LogP contribution in [0.1, 0.15) is 52.5 Å². The molecule has 1 aromatic rings. The fourth-order valence-corrected chi connectivity index (χ4v) is 5.39. The fourth-order valence-electron chi connectivity index (χ4n) is 3.83. The van der Waals surface area contributed by atoms with E-state index >= 15 is 0 Å². The number of benzene rings is 1. The second-order valence-electron chi connectivity index (χ2n) is 7.00. The van der Waals surface area contributed by atoms with E-state index in [1.165, 1.54) is 5.56 Å². The molecule has 0 bridgehead atoms. The van der Waals surface area contributed by atoms with Crippen LogP contribution < -0.4 is 12.4 Å². The summed E-state index contributed by atoms with van der Waals surface area (Å²) in [4.78, 5) is 10.9. The van der Waals surface area contributed by atoms with Crippen LogP contribution in [-0.2, 0) is 23.8 Å². The van der Waals surface area contributed by atoms with Gasteiger partial charge in [0.2, 0.25) is 5.69 Å². The van der Waals surface area contributed by atoms with Crippen molar-refractivity contribution in [3.8, 4) is 0 Å². The molecule has 8 heteroatoms. The topological polar surface area (TPSA) is 75.8 Å². The third kappa shape index (κ3) is 5.44. The highest BCUT2D eigenvalue weighted by Gasteiger charge is 2.46. The Kier molecular flexibility index (Phi) is 9.35. The Bertz CT molecular complexity index is 757. The third-order valence-corrected chi connectivity index (χ3v) is 7.36. The van der Waals surface area contributed by atoms with E-state index in [0.29, 0.717) is 32.3 Å². The zero-order chi connectivity index (χ0) is 20.1. The number of rotatable bonds is 11. The van der Waals surface area contributed by atoms with E-state index in [-0.39, 0.29) is 24.2 Å². The first-order valence-electron chi connectivity index (χ1n) is 9.58. The summed E-state index contributed by atoms with van der Waals surface area (Å²) >= 11 is 0. The van der Waals surface area contributed by atoms with Gasteiger partial charge in [-0.1, -0.05) is 18.2 Å². The molecule has 0 saturated carbocycles. The molecule has 1 unspecified atom stereocenters. The lowest BCUT2D eigenvalue weighted by atomic mass is 9.76. The van der Waals surface area contributed by atoms with Crippen LogP contribution >= 0.6 is 7.60 Å². The first-order valence-corrected chi connectivity index (χ1v) is 11.3. The molecule has 0 amide bonds. The van der Waals surface area contributed by atoms with Crippen LogP contribution in [-0.4, -0.2) is 47.3 Å². The minimum Gasteiger partial charge on any atom is -1.00 e. The van der Waals surface area contributed by atoms with Crippen molar-refractivity contribution < 1.29 is 40.5 Å². The van der Waals surface area contributed by atoms with E-state index in [4.69, 9.17) is 14.2 Å². The number of para-hydroxylation sites is 1. The maximum atomic E-state index is 12.9. The molecule has 1 N–H and O–H groups in total.